The van der Waals surface area contributed by atoms with Crippen LogP contribution in [0, 0.1) is 5.92 Å². The van der Waals surface area contributed by atoms with E-state index in [-0.39, 0.29) is 29.8 Å². The summed E-state index contributed by atoms with van der Waals surface area (Å²) < 4.78 is 5.44. The van der Waals surface area contributed by atoms with Gasteiger partial charge >= 0.3 is 0 Å². The maximum absolute atomic E-state index is 13.4. The summed E-state index contributed by atoms with van der Waals surface area (Å²) >= 11 is 0. The molecule has 2 aliphatic heterocycles. The number of para-hydroxylation sites is 2. The summed E-state index contributed by atoms with van der Waals surface area (Å²) in [5.41, 5.74) is 3.52. The van der Waals surface area contributed by atoms with Gasteiger partial charge in [-0.15, -0.1) is 0 Å². The maximum atomic E-state index is 13.4. The fourth-order valence-electron chi connectivity index (χ4n) is 5.19. The third-order valence-electron chi connectivity index (χ3n) is 6.75. The molecule has 0 spiro atoms. The van der Waals surface area contributed by atoms with Crippen molar-refractivity contribution in [3.8, 4) is 5.75 Å². The summed E-state index contributed by atoms with van der Waals surface area (Å²) in [6, 6.07) is 16.5. The van der Waals surface area contributed by atoms with Gasteiger partial charge in [-0.05, 0) is 49.9 Å². The number of hydrogen-bond donors (Lipinski definition) is 2. The number of methoxy groups -OCH3 is 1. The molecule has 0 bridgehead atoms. The Kier molecular flexibility index (Phi) is 7.73. The van der Waals surface area contributed by atoms with Crippen molar-refractivity contribution in [1.82, 2.24) is 15.5 Å². The van der Waals surface area contributed by atoms with E-state index < -0.39 is 0 Å². The minimum Gasteiger partial charge on any atom is -0.496 e. The molecule has 2 amide bonds. The van der Waals surface area contributed by atoms with Crippen molar-refractivity contribution in [1.29, 1.82) is 0 Å². The number of amides is 2. The van der Waals surface area contributed by atoms with Crippen LogP contribution in [0.25, 0.3) is 0 Å². The van der Waals surface area contributed by atoms with Crippen molar-refractivity contribution in [2.24, 2.45) is 5.92 Å². The minimum absolute atomic E-state index is 0.0393. The molecule has 7 heteroatoms. The molecule has 0 saturated carbocycles. The number of carbonyl (C=O) groups excluding carboxylic acids is 2. The average Bonchev–Trinajstić information content (AvgIpc) is 2.83. The first-order valence-corrected chi connectivity index (χ1v) is 12.2. The molecule has 182 valence electrons. The van der Waals surface area contributed by atoms with Gasteiger partial charge < -0.3 is 20.3 Å². The Hall–Kier alpha value is -3.06. The van der Waals surface area contributed by atoms with Gasteiger partial charge in [-0.1, -0.05) is 36.4 Å². The molecule has 2 aromatic rings. The molecular formula is C27H36N4O3. The summed E-state index contributed by atoms with van der Waals surface area (Å²) in [4.78, 5) is 30.3. The van der Waals surface area contributed by atoms with Gasteiger partial charge in [0.15, 0.2) is 0 Å². The molecule has 1 saturated heterocycles. The lowest BCUT2D eigenvalue weighted by Gasteiger charge is -2.49. The molecule has 2 atom stereocenters. The smallest absolute Gasteiger partial charge is 0.234 e. The Morgan fingerprint density at radius 2 is 1.85 bits per heavy atom. The van der Waals surface area contributed by atoms with Gasteiger partial charge in [0.2, 0.25) is 11.8 Å². The van der Waals surface area contributed by atoms with Crippen molar-refractivity contribution in [2.45, 2.75) is 38.8 Å². The quantitative estimate of drug-likeness (QED) is 0.627. The molecule has 0 aromatic heterocycles. The van der Waals surface area contributed by atoms with Crippen LogP contribution >= 0.6 is 0 Å². The van der Waals surface area contributed by atoms with Crippen LogP contribution in [0.3, 0.4) is 0 Å². The molecule has 0 aliphatic carbocycles. The van der Waals surface area contributed by atoms with Crippen molar-refractivity contribution >= 4 is 17.5 Å². The number of nitrogens with one attached hydrogen (secondary N) is 2. The van der Waals surface area contributed by atoms with Crippen LogP contribution in [-0.2, 0) is 22.4 Å². The lowest BCUT2D eigenvalue weighted by atomic mass is 9.83. The Morgan fingerprint density at radius 1 is 1.09 bits per heavy atom. The molecule has 2 aliphatic rings. The number of fused-ring (bicyclic) bond motifs is 3. The SMILES string of the molecule is COc1ccccc1CCNC(=O)[C@H]1Cc2ccccc2N2CCN(CC(=O)NC(C)C)C[C@@H]12. The normalized spacial score (nSPS) is 19.8. The van der Waals surface area contributed by atoms with Crippen LogP contribution in [0.1, 0.15) is 25.0 Å². The third-order valence-corrected chi connectivity index (χ3v) is 6.75. The fourth-order valence-corrected chi connectivity index (χ4v) is 5.19. The van der Waals surface area contributed by atoms with Crippen molar-refractivity contribution < 1.29 is 14.3 Å². The molecule has 0 unspecified atom stereocenters. The van der Waals surface area contributed by atoms with E-state index in [9.17, 15) is 9.59 Å². The van der Waals surface area contributed by atoms with E-state index in [1.807, 2.05) is 44.2 Å². The molecule has 2 N–H and O–H groups in total. The number of benzene rings is 2. The van der Waals surface area contributed by atoms with Gasteiger partial charge in [-0.25, -0.2) is 0 Å². The Balaban J connectivity index is 1.45. The number of nitrogens with zero attached hydrogens (tertiary/aromatic N) is 2. The van der Waals surface area contributed by atoms with Gasteiger partial charge in [0.05, 0.1) is 25.6 Å². The van der Waals surface area contributed by atoms with E-state index >= 15 is 0 Å². The van der Waals surface area contributed by atoms with E-state index in [1.165, 1.54) is 11.3 Å². The molecule has 34 heavy (non-hydrogen) atoms. The number of ether oxygens (including phenoxy) is 1. The summed E-state index contributed by atoms with van der Waals surface area (Å²) in [6.45, 7) is 7.18. The first-order chi connectivity index (χ1) is 16.5. The summed E-state index contributed by atoms with van der Waals surface area (Å²) in [5.74, 6) is 0.797. The second kappa shape index (κ2) is 10.9. The lowest BCUT2D eigenvalue weighted by Crippen LogP contribution is -2.62. The zero-order valence-corrected chi connectivity index (χ0v) is 20.4. The Labute approximate surface area is 202 Å². The van der Waals surface area contributed by atoms with Gasteiger partial charge in [0.1, 0.15) is 5.75 Å². The zero-order valence-electron chi connectivity index (χ0n) is 20.4. The third kappa shape index (κ3) is 5.53. The Morgan fingerprint density at radius 3 is 2.65 bits per heavy atom. The number of hydrogen-bond acceptors (Lipinski definition) is 5. The largest absolute Gasteiger partial charge is 0.496 e. The van der Waals surface area contributed by atoms with E-state index in [4.69, 9.17) is 4.74 Å². The van der Waals surface area contributed by atoms with Crippen LogP contribution in [0.2, 0.25) is 0 Å². The van der Waals surface area contributed by atoms with E-state index in [2.05, 4.69) is 38.6 Å². The molecule has 4 rings (SSSR count). The zero-order chi connectivity index (χ0) is 24.1. The number of rotatable bonds is 8. The molecule has 7 nitrogen and oxygen atoms in total. The number of piperazine rings is 1. The summed E-state index contributed by atoms with van der Waals surface area (Å²) in [7, 11) is 1.67. The summed E-state index contributed by atoms with van der Waals surface area (Å²) in [5, 5.41) is 6.16. The maximum Gasteiger partial charge on any atom is 0.234 e. The highest BCUT2D eigenvalue weighted by Gasteiger charge is 2.41. The van der Waals surface area contributed by atoms with Gasteiger partial charge in [0.25, 0.3) is 0 Å². The number of carbonyl (C=O) groups is 2. The van der Waals surface area contributed by atoms with Gasteiger partial charge in [-0.2, -0.15) is 0 Å². The Bertz CT molecular complexity index is 1010. The highest BCUT2D eigenvalue weighted by atomic mass is 16.5. The molecule has 2 aromatic carbocycles. The second-order valence-corrected chi connectivity index (χ2v) is 9.51. The monoisotopic (exact) mass is 464 g/mol. The standard InChI is InChI=1S/C27H36N4O3/c1-19(2)29-26(32)18-30-14-15-31-23-10-6-4-9-21(23)16-22(24(31)17-30)27(33)28-13-12-20-8-5-7-11-25(20)34-3/h4-11,19,22,24H,12-18H2,1-3H3,(H,28,33)(H,29,32)/t22-,24-/m0/s1. The fraction of sp³-hybridized carbons (Fsp3) is 0.481. The molecule has 1 fully saturated rings. The molecule has 0 radical (unpaired) electrons. The van der Waals surface area contributed by atoms with E-state index in [0.29, 0.717) is 26.1 Å². The van der Waals surface area contributed by atoms with Crippen molar-refractivity contribution in [2.75, 3.05) is 44.7 Å². The first kappa shape index (κ1) is 24.1. The van der Waals surface area contributed by atoms with Crippen LogP contribution < -0.4 is 20.3 Å². The average molecular weight is 465 g/mol. The minimum atomic E-state index is -0.163. The highest BCUT2D eigenvalue weighted by molar-refractivity contribution is 5.82. The second-order valence-electron chi connectivity index (χ2n) is 9.51. The van der Waals surface area contributed by atoms with Crippen LogP contribution in [0.15, 0.2) is 48.5 Å². The van der Waals surface area contributed by atoms with Crippen LogP contribution in [0.4, 0.5) is 5.69 Å². The highest BCUT2D eigenvalue weighted by Crippen LogP contribution is 2.36. The molecular weight excluding hydrogens is 428 g/mol. The predicted molar refractivity (Wildman–Crippen MR) is 134 cm³/mol. The van der Waals surface area contributed by atoms with Gasteiger partial charge in [-0.3, -0.25) is 14.5 Å². The van der Waals surface area contributed by atoms with Crippen molar-refractivity contribution in [3.05, 3.63) is 59.7 Å². The summed E-state index contributed by atoms with van der Waals surface area (Å²) in [6.07, 6.45) is 1.43. The molecule has 2 heterocycles. The lowest BCUT2D eigenvalue weighted by molar-refractivity contribution is -0.126. The van der Waals surface area contributed by atoms with Crippen LogP contribution in [-0.4, -0.2) is 68.6 Å². The topological polar surface area (TPSA) is 73.9 Å². The van der Waals surface area contributed by atoms with Gasteiger partial charge in [0, 0.05) is 37.9 Å². The van der Waals surface area contributed by atoms with E-state index in [0.717, 1.165) is 30.8 Å². The van der Waals surface area contributed by atoms with Crippen molar-refractivity contribution in [3.63, 3.8) is 0 Å². The van der Waals surface area contributed by atoms with E-state index in [1.54, 1.807) is 7.11 Å². The van der Waals surface area contributed by atoms with Crippen LogP contribution in [0.5, 0.6) is 5.75 Å². The predicted octanol–water partition coefficient (Wildman–Crippen LogP) is 2.24. The number of anilines is 1. The first-order valence-electron chi connectivity index (χ1n) is 12.2.